The van der Waals surface area contributed by atoms with Crippen LogP contribution in [0.25, 0.3) is 0 Å². The smallest absolute Gasteiger partial charge is 0.256 e. The molecule has 0 spiro atoms. The van der Waals surface area contributed by atoms with Gasteiger partial charge >= 0.3 is 0 Å². The summed E-state index contributed by atoms with van der Waals surface area (Å²) in [6.45, 7) is 0. The van der Waals surface area contributed by atoms with Crippen LogP contribution in [0.15, 0.2) is 10.9 Å². The Morgan fingerprint density at radius 3 is 2.70 bits per heavy atom. The Labute approximate surface area is 78.6 Å². The van der Waals surface area contributed by atoms with E-state index in [-0.39, 0.29) is 41.4 Å². The first-order valence-electron chi connectivity index (χ1n) is 2.24. The van der Waals surface area contributed by atoms with Crippen LogP contribution < -0.4 is 11.3 Å². The fourth-order valence-corrected chi connectivity index (χ4v) is 0.463. The van der Waals surface area contributed by atoms with Crippen LogP contribution in [-0.4, -0.2) is 44.6 Å². The van der Waals surface area contributed by atoms with Crippen molar-refractivity contribution in [3.8, 4) is 5.88 Å². The molecule has 10 heavy (non-hydrogen) atoms. The third-order valence-corrected chi connectivity index (χ3v) is 0.746. The van der Waals surface area contributed by atoms with E-state index in [0.29, 0.717) is 0 Å². The molecule has 0 aliphatic carbocycles. The van der Waals surface area contributed by atoms with E-state index >= 15 is 0 Å². The van der Waals surface area contributed by atoms with Crippen molar-refractivity contribution in [3.63, 3.8) is 0 Å². The van der Waals surface area contributed by atoms with Crippen molar-refractivity contribution >= 4 is 35.5 Å². The van der Waals surface area contributed by atoms with Crippen molar-refractivity contribution in [3.05, 3.63) is 16.4 Å². The predicted molar refractivity (Wildman–Crippen MR) is 36.7 cm³/mol. The Hall–Kier alpha value is -0.520. The van der Waals surface area contributed by atoms with E-state index in [1.54, 1.807) is 0 Å². The number of aromatic nitrogens is 2. The molecule has 0 saturated carbocycles. The summed E-state index contributed by atoms with van der Waals surface area (Å²) >= 11 is 0. The summed E-state index contributed by atoms with van der Waals surface area (Å²) in [5.41, 5.74) is 4.57. The minimum atomic E-state index is -0.458. The van der Waals surface area contributed by atoms with Gasteiger partial charge in [-0.15, -0.1) is 0 Å². The van der Waals surface area contributed by atoms with Crippen LogP contribution in [-0.2, 0) is 0 Å². The van der Waals surface area contributed by atoms with E-state index in [0.717, 1.165) is 6.07 Å². The molecule has 1 heterocycles. The summed E-state index contributed by atoms with van der Waals surface area (Å²) in [6, 6.07) is 0.941. The maximum atomic E-state index is 10.4. The number of rotatable bonds is 0. The molecule has 0 saturated heterocycles. The van der Waals surface area contributed by atoms with Gasteiger partial charge in [0.1, 0.15) is 0 Å². The molecule has 5 nitrogen and oxygen atoms in total. The third kappa shape index (κ3) is 2.38. The molecule has 0 bridgehead atoms. The number of nitrogens with one attached hydrogen (secondary N) is 1. The average molecular weight is 150 g/mol. The van der Waals surface area contributed by atoms with Gasteiger partial charge in [0.2, 0.25) is 11.8 Å². The van der Waals surface area contributed by atoms with Crippen LogP contribution in [0.5, 0.6) is 5.88 Å². The number of anilines is 1. The van der Waals surface area contributed by atoms with Gasteiger partial charge in [-0.25, -0.2) is 0 Å². The Morgan fingerprint density at radius 2 is 2.30 bits per heavy atom. The molecule has 0 aliphatic heterocycles. The number of nitrogens with two attached hydrogens (primary N) is 1. The van der Waals surface area contributed by atoms with Gasteiger partial charge in [0.25, 0.3) is 5.56 Å². The molecule has 0 aliphatic rings. The zero-order valence-corrected chi connectivity index (χ0v) is 7.46. The van der Waals surface area contributed by atoms with Gasteiger partial charge in [-0.05, 0) is 0 Å². The van der Waals surface area contributed by atoms with Gasteiger partial charge in [-0.3, -0.25) is 9.78 Å². The molecule has 6 heteroatoms. The fraction of sp³-hybridized carbons (Fsp3) is 0. The second-order valence-electron chi connectivity index (χ2n) is 1.49. The Kier molecular flexibility index (Phi) is 3.41. The summed E-state index contributed by atoms with van der Waals surface area (Å²) in [5.74, 6) is -0.448. The van der Waals surface area contributed by atoms with E-state index in [2.05, 4.69) is 9.97 Å². The molecule has 1 rings (SSSR count). The first kappa shape index (κ1) is 9.48. The number of aromatic hydroxyl groups is 1. The van der Waals surface area contributed by atoms with Crippen LogP contribution in [0.3, 0.4) is 0 Å². The predicted octanol–water partition coefficient (Wildman–Crippen LogP) is -1.32. The number of nitrogens with zero attached hydrogens (tertiary/aromatic N) is 1. The Balaban J connectivity index is 0.000000810. The number of hydrogen-bond acceptors (Lipinski definition) is 4. The molecule has 0 unspecified atom stereocenters. The molecule has 1 radical (unpaired) electrons. The zero-order chi connectivity index (χ0) is 6.85. The molecule has 1 aromatic rings. The molecule has 0 fully saturated rings. The summed E-state index contributed by atoms with van der Waals surface area (Å²) in [7, 11) is 0. The van der Waals surface area contributed by atoms with E-state index in [1.165, 1.54) is 0 Å². The molecule has 49 valence electrons. The normalized spacial score (nSPS) is 8.40. The molecule has 0 amide bonds. The Morgan fingerprint density at radius 1 is 1.70 bits per heavy atom. The van der Waals surface area contributed by atoms with Crippen LogP contribution in [0.4, 0.5) is 5.95 Å². The van der Waals surface area contributed by atoms with Crippen molar-refractivity contribution in [1.82, 2.24) is 9.97 Å². The standard InChI is InChI=1S/C4H5N3O2.Na/c5-4-6-2(8)1-3(9)7-4;/h1H,(H4,5,6,7,8,9);. The first-order chi connectivity index (χ1) is 4.18. The monoisotopic (exact) mass is 150 g/mol. The minimum Gasteiger partial charge on any atom is -0.493 e. The number of hydrogen-bond donors (Lipinski definition) is 3. The van der Waals surface area contributed by atoms with Gasteiger partial charge in [0.05, 0.1) is 6.07 Å². The second kappa shape index (κ2) is 3.60. The average Bonchev–Trinajstić information content (AvgIpc) is 1.59. The number of aromatic amines is 1. The van der Waals surface area contributed by atoms with Gasteiger partial charge < -0.3 is 10.8 Å². The number of H-pyrrole nitrogens is 1. The van der Waals surface area contributed by atoms with Crippen molar-refractivity contribution in [1.29, 1.82) is 0 Å². The van der Waals surface area contributed by atoms with Crippen molar-refractivity contribution in [2.45, 2.75) is 0 Å². The van der Waals surface area contributed by atoms with Crippen molar-refractivity contribution < 1.29 is 5.11 Å². The van der Waals surface area contributed by atoms with Crippen LogP contribution >= 0.6 is 0 Å². The zero-order valence-electron chi connectivity index (χ0n) is 5.46. The van der Waals surface area contributed by atoms with E-state index in [9.17, 15) is 4.79 Å². The van der Waals surface area contributed by atoms with Gasteiger partial charge in [-0.1, -0.05) is 0 Å². The van der Waals surface area contributed by atoms with Crippen LogP contribution in [0.1, 0.15) is 0 Å². The maximum Gasteiger partial charge on any atom is 0.256 e. The largest absolute Gasteiger partial charge is 0.493 e. The summed E-state index contributed by atoms with van der Waals surface area (Å²) in [4.78, 5) is 15.8. The van der Waals surface area contributed by atoms with E-state index < -0.39 is 5.56 Å². The van der Waals surface area contributed by atoms with Crippen molar-refractivity contribution in [2.75, 3.05) is 5.73 Å². The topological polar surface area (TPSA) is 92.0 Å². The van der Waals surface area contributed by atoms with Gasteiger partial charge in [0.15, 0.2) is 0 Å². The van der Waals surface area contributed by atoms with E-state index in [4.69, 9.17) is 10.8 Å². The molecule has 1 aromatic heterocycles. The minimum absolute atomic E-state index is 0. The van der Waals surface area contributed by atoms with Crippen LogP contribution in [0.2, 0.25) is 0 Å². The van der Waals surface area contributed by atoms with Gasteiger partial charge in [-0.2, -0.15) is 4.98 Å². The molecular weight excluding hydrogens is 145 g/mol. The Bertz CT molecular complexity index is 248. The third-order valence-electron chi connectivity index (χ3n) is 0.746. The molecular formula is C4H5N3NaO2. The quantitative estimate of drug-likeness (QED) is 0.400. The number of nitrogen functional groups attached to an aromatic ring is 1. The van der Waals surface area contributed by atoms with Crippen LogP contribution in [0, 0.1) is 0 Å². The summed E-state index contributed by atoms with van der Waals surface area (Å²) in [5, 5.41) is 8.58. The summed E-state index contributed by atoms with van der Waals surface area (Å²) in [6.07, 6.45) is 0. The van der Waals surface area contributed by atoms with E-state index in [1.807, 2.05) is 0 Å². The molecule has 0 aromatic carbocycles. The SMILES string of the molecule is Nc1nc(O)cc(=O)[nH]1.[Na]. The first-order valence-corrected chi connectivity index (χ1v) is 2.24. The molecule has 0 atom stereocenters. The van der Waals surface area contributed by atoms with Crippen molar-refractivity contribution in [2.24, 2.45) is 0 Å². The van der Waals surface area contributed by atoms with Gasteiger partial charge in [0, 0.05) is 29.6 Å². The summed E-state index contributed by atoms with van der Waals surface area (Å²) < 4.78 is 0. The molecule has 4 N–H and O–H groups in total. The maximum absolute atomic E-state index is 10.4. The second-order valence-corrected chi connectivity index (χ2v) is 1.49. The fourth-order valence-electron chi connectivity index (χ4n) is 0.463.